The summed E-state index contributed by atoms with van der Waals surface area (Å²) in [6.07, 6.45) is 6.53. The van der Waals surface area contributed by atoms with Crippen LogP contribution in [0.1, 0.15) is 58.6 Å². The smallest absolute Gasteiger partial charge is 0.245 e. The number of carbonyl (C=O) groups is 2. The molecule has 1 heterocycles. The lowest BCUT2D eigenvalue weighted by molar-refractivity contribution is -0.147. The van der Waals surface area contributed by atoms with Crippen molar-refractivity contribution in [3.8, 4) is 0 Å². The molecule has 22 heavy (non-hydrogen) atoms. The molecule has 0 bridgehead atoms. The Hall–Kier alpha value is -1.78. The summed E-state index contributed by atoms with van der Waals surface area (Å²) in [5.41, 5.74) is -0.860. The number of amides is 2. The van der Waals surface area contributed by atoms with E-state index in [4.69, 9.17) is 4.42 Å². The third-order valence-electron chi connectivity index (χ3n) is 4.74. The highest BCUT2D eigenvalue weighted by molar-refractivity contribution is 5.90. The Morgan fingerprint density at radius 3 is 2.59 bits per heavy atom. The molecule has 1 N–H and O–H groups in total. The largest absolute Gasteiger partial charge is 0.467 e. The van der Waals surface area contributed by atoms with Gasteiger partial charge in [0.2, 0.25) is 11.8 Å². The number of nitrogens with one attached hydrogen (secondary N) is 1. The number of furan rings is 1. The van der Waals surface area contributed by atoms with Crippen molar-refractivity contribution >= 4 is 11.8 Å². The molecule has 5 heteroatoms. The van der Waals surface area contributed by atoms with Gasteiger partial charge in [-0.2, -0.15) is 0 Å². The van der Waals surface area contributed by atoms with Crippen LogP contribution in [0, 0.1) is 0 Å². The number of rotatable bonds is 6. The maximum Gasteiger partial charge on any atom is 0.245 e. The van der Waals surface area contributed by atoms with Gasteiger partial charge in [-0.1, -0.05) is 19.8 Å². The molecule has 0 spiro atoms. The minimum absolute atomic E-state index is 0.0661. The van der Waals surface area contributed by atoms with Crippen LogP contribution in [0.3, 0.4) is 0 Å². The van der Waals surface area contributed by atoms with Gasteiger partial charge in [0.1, 0.15) is 11.3 Å². The lowest BCUT2D eigenvalue weighted by Gasteiger charge is -2.39. The third-order valence-corrected chi connectivity index (χ3v) is 4.74. The molecule has 1 aliphatic rings. The van der Waals surface area contributed by atoms with Crippen molar-refractivity contribution in [2.24, 2.45) is 0 Å². The van der Waals surface area contributed by atoms with Crippen molar-refractivity contribution in [1.29, 1.82) is 0 Å². The second-order valence-corrected chi connectivity index (χ2v) is 6.27. The number of hydrogen-bond donors (Lipinski definition) is 1. The van der Waals surface area contributed by atoms with E-state index in [1.807, 2.05) is 19.9 Å². The van der Waals surface area contributed by atoms with Gasteiger partial charge in [-0.15, -0.1) is 0 Å². The molecule has 5 nitrogen and oxygen atoms in total. The highest BCUT2D eigenvalue weighted by atomic mass is 16.3. The van der Waals surface area contributed by atoms with E-state index in [0.29, 0.717) is 18.7 Å². The second-order valence-electron chi connectivity index (χ2n) is 6.27. The first kappa shape index (κ1) is 16.6. The van der Waals surface area contributed by atoms with Gasteiger partial charge in [0.05, 0.1) is 12.8 Å². The summed E-state index contributed by atoms with van der Waals surface area (Å²) in [5, 5.41) is 3.12. The van der Waals surface area contributed by atoms with Crippen LogP contribution in [-0.4, -0.2) is 28.3 Å². The molecule has 0 aliphatic heterocycles. The summed E-state index contributed by atoms with van der Waals surface area (Å²) in [7, 11) is 0. The molecular weight excluding hydrogens is 280 g/mol. The van der Waals surface area contributed by atoms with E-state index in [1.165, 1.54) is 6.92 Å². The fraction of sp³-hybridized carbons (Fsp3) is 0.647. The van der Waals surface area contributed by atoms with Crippen molar-refractivity contribution in [3.63, 3.8) is 0 Å². The van der Waals surface area contributed by atoms with Gasteiger partial charge >= 0.3 is 0 Å². The van der Waals surface area contributed by atoms with Gasteiger partial charge in [-0.3, -0.25) is 9.59 Å². The average molecular weight is 306 g/mol. The van der Waals surface area contributed by atoms with Gasteiger partial charge in [0.15, 0.2) is 0 Å². The highest BCUT2D eigenvalue weighted by Crippen LogP contribution is 2.25. The summed E-state index contributed by atoms with van der Waals surface area (Å²) in [5.74, 6) is 0.495. The fourth-order valence-corrected chi connectivity index (χ4v) is 3.08. The van der Waals surface area contributed by atoms with Crippen LogP contribution in [0.4, 0.5) is 0 Å². The van der Waals surface area contributed by atoms with E-state index in [1.54, 1.807) is 17.2 Å². The normalized spacial score (nSPS) is 18.0. The highest BCUT2D eigenvalue weighted by Gasteiger charge is 2.40. The second kappa shape index (κ2) is 6.99. The van der Waals surface area contributed by atoms with Crippen LogP contribution in [0.25, 0.3) is 0 Å². The first-order valence-electron chi connectivity index (χ1n) is 8.09. The van der Waals surface area contributed by atoms with Gasteiger partial charge in [-0.25, -0.2) is 0 Å². The Morgan fingerprint density at radius 2 is 2.09 bits per heavy atom. The monoisotopic (exact) mass is 306 g/mol. The van der Waals surface area contributed by atoms with E-state index >= 15 is 0 Å². The summed E-state index contributed by atoms with van der Waals surface area (Å²) < 4.78 is 5.34. The lowest BCUT2D eigenvalue weighted by Crippen LogP contribution is -2.59. The van der Waals surface area contributed by atoms with E-state index in [-0.39, 0.29) is 17.9 Å². The summed E-state index contributed by atoms with van der Waals surface area (Å²) >= 11 is 0. The van der Waals surface area contributed by atoms with Crippen molar-refractivity contribution in [2.75, 3.05) is 0 Å². The van der Waals surface area contributed by atoms with Crippen LogP contribution in [0.5, 0.6) is 0 Å². The van der Waals surface area contributed by atoms with Crippen molar-refractivity contribution in [3.05, 3.63) is 24.2 Å². The predicted octanol–water partition coefficient (Wildman–Crippen LogP) is 2.86. The molecule has 0 aromatic carbocycles. The molecule has 0 radical (unpaired) electrons. The molecule has 2 amide bonds. The van der Waals surface area contributed by atoms with Gasteiger partial charge in [0.25, 0.3) is 0 Å². The van der Waals surface area contributed by atoms with Crippen molar-refractivity contribution in [2.45, 2.75) is 71.0 Å². The molecule has 1 fully saturated rings. The lowest BCUT2D eigenvalue weighted by atomic mass is 9.94. The van der Waals surface area contributed by atoms with Crippen LogP contribution in [0.15, 0.2) is 22.8 Å². The molecular formula is C17H26N2O3. The van der Waals surface area contributed by atoms with Crippen LogP contribution in [0.2, 0.25) is 0 Å². The van der Waals surface area contributed by atoms with E-state index in [0.717, 1.165) is 25.7 Å². The molecule has 1 atom stereocenters. The zero-order valence-electron chi connectivity index (χ0n) is 13.7. The van der Waals surface area contributed by atoms with E-state index in [9.17, 15) is 9.59 Å². The number of hydrogen-bond acceptors (Lipinski definition) is 3. The zero-order chi connectivity index (χ0) is 16.2. The molecule has 1 aliphatic carbocycles. The van der Waals surface area contributed by atoms with E-state index in [2.05, 4.69) is 5.32 Å². The molecule has 1 unspecified atom stereocenters. The summed E-state index contributed by atoms with van der Waals surface area (Å²) in [6, 6.07) is 3.85. The Bertz CT molecular complexity index is 506. The molecule has 122 valence electrons. The minimum Gasteiger partial charge on any atom is -0.467 e. The predicted molar refractivity (Wildman–Crippen MR) is 84.0 cm³/mol. The third kappa shape index (κ3) is 3.51. The fourth-order valence-electron chi connectivity index (χ4n) is 3.08. The van der Waals surface area contributed by atoms with Crippen LogP contribution < -0.4 is 5.32 Å². The summed E-state index contributed by atoms with van der Waals surface area (Å²) in [6.45, 7) is 5.58. The average Bonchev–Trinajstić information content (AvgIpc) is 3.16. The summed E-state index contributed by atoms with van der Waals surface area (Å²) in [4.78, 5) is 26.5. The molecule has 1 saturated carbocycles. The zero-order valence-corrected chi connectivity index (χ0v) is 13.7. The molecule has 1 aromatic rings. The van der Waals surface area contributed by atoms with Crippen LogP contribution >= 0.6 is 0 Å². The Balaban J connectivity index is 2.15. The Morgan fingerprint density at radius 1 is 1.41 bits per heavy atom. The number of nitrogens with zero attached hydrogens (tertiary/aromatic N) is 1. The Labute approximate surface area is 132 Å². The van der Waals surface area contributed by atoms with Gasteiger partial charge < -0.3 is 14.6 Å². The SMILES string of the molecule is CCC(C)(C(=O)NC1CCCC1)N(Cc1ccco1)C(C)=O. The molecule has 2 rings (SSSR count). The van der Waals surface area contributed by atoms with Crippen LogP contribution in [-0.2, 0) is 16.1 Å². The van der Waals surface area contributed by atoms with Gasteiger partial charge in [-0.05, 0) is 38.3 Å². The first-order chi connectivity index (χ1) is 10.5. The van der Waals surface area contributed by atoms with E-state index < -0.39 is 5.54 Å². The quantitative estimate of drug-likeness (QED) is 0.879. The molecule has 0 saturated heterocycles. The number of carbonyl (C=O) groups excluding carboxylic acids is 2. The maximum atomic E-state index is 12.8. The maximum absolute atomic E-state index is 12.8. The minimum atomic E-state index is -0.860. The first-order valence-corrected chi connectivity index (χ1v) is 8.09. The Kier molecular flexibility index (Phi) is 5.27. The topological polar surface area (TPSA) is 62.6 Å². The standard InChI is InChI=1S/C17H26N2O3/c1-4-17(3,16(21)18-14-8-5-6-9-14)19(13(2)20)12-15-10-7-11-22-15/h7,10-11,14H,4-6,8-9,12H2,1-3H3,(H,18,21). The molecule has 1 aromatic heterocycles. The van der Waals surface area contributed by atoms with Crippen molar-refractivity contribution < 1.29 is 14.0 Å². The van der Waals surface area contributed by atoms with Crippen molar-refractivity contribution in [1.82, 2.24) is 10.2 Å². The van der Waals surface area contributed by atoms with Gasteiger partial charge in [0, 0.05) is 13.0 Å².